The first-order valence-corrected chi connectivity index (χ1v) is 12.8. The summed E-state index contributed by atoms with van der Waals surface area (Å²) in [5, 5.41) is 3.83. The molecule has 12 heteroatoms. The molecule has 0 saturated carbocycles. The number of pyridine rings is 2. The first-order valence-electron chi connectivity index (χ1n) is 11.3. The molecule has 5 rings (SSSR count). The maximum absolute atomic E-state index is 14.9. The number of hydrogen-bond donors (Lipinski definition) is 2. The van der Waals surface area contributed by atoms with Crippen LogP contribution in [0.25, 0.3) is 22.0 Å². The van der Waals surface area contributed by atoms with Crippen molar-refractivity contribution in [2.24, 2.45) is 0 Å². The van der Waals surface area contributed by atoms with Gasteiger partial charge in [0, 0.05) is 43.3 Å². The van der Waals surface area contributed by atoms with E-state index in [1.807, 2.05) is 4.90 Å². The molecule has 1 fully saturated rings. The predicted octanol–water partition coefficient (Wildman–Crippen LogP) is 3.93. The largest absolute Gasteiger partial charge is 0.480 e. The second-order valence-electron chi connectivity index (χ2n) is 8.36. The molecule has 2 aromatic carbocycles. The normalized spacial score (nSPS) is 14.1. The number of hydrogen-bond acceptors (Lipinski definition) is 7. The van der Waals surface area contributed by atoms with Crippen molar-refractivity contribution in [1.82, 2.24) is 15.3 Å². The van der Waals surface area contributed by atoms with Crippen LogP contribution in [0.1, 0.15) is 0 Å². The van der Waals surface area contributed by atoms with Crippen LogP contribution in [0.5, 0.6) is 5.88 Å². The predicted molar refractivity (Wildman–Crippen MR) is 134 cm³/mol. The summed E-state index contributed by atoms with van der Waals surface area (Å²) in [4.78, 5) is 9.20. The van der Waals surface area contributed by atoms with E-state index in [9.17, 15) is 21.6 Å². The van der Waals surface area contributed by atoms with E-state index < -0.39 is 32.4 Å². The minimum absolute atomic E-state index is 0.0981. The molecule has 0 radical (unpaired) electrons. The fourth-order valence-corrected chi connectivity index (χ4v) is 5.51. The van der Waals surface area contributed by atoms with Gasteiger partial charge in [0.1, 0.15) is 17.3 Å². The SMILES string of the molecule is COc1ncc(-c2ccc3ncc(F)c(N4CCNCC4)c3c2)cc1NS(=O)(=O)c1c(F)cccc1F. The second kappa shape index (κ2) is 9.87. The number of aromatic nitrogens is 2. The molecule has 0 bridgehead atoms. The molecule has 2 N–H and O–H groups in total. The standard InChI is InChI=1S/C25H22F3N5O3S/c1-36-25-22(32-37(34,35)24-18(26)3-2-4-19(24)27)12-16(13-31-25)15-5-6-21-17(11-15)23(20(28)14-30-21)33-9-7-29-8-10-33/h2-6,11-14,29,32H,7-10H2,1H3. The quantitative estimate of drug-likeness (QED) is 0.391. The van der Waals surface area contributed by atoms with Crippen LogP contribution in [0.3, 0.4) is 0 Å². The Hall–Kier alpha value is -3.90. The van der Waals surface area contributed by atoms with Gasteiger partial charge in [0.25, 0.3) is 10.0 Å². The lowest BCUT2D eigenvalue weighted by molar-refractivity contribution is 0.400. The Kier molecular flexibility index (Phi) is 6.61. The van der Waals surface area contributed by atoms with Gasteiger partial charge in [0.05, 0.1) is 24.5 Å². The monoisotopic (exact) mass is 529 g/mol. The molecule has 0 unspecified atom stereocenters. The molecule has 1 aliphatic heterocycles. The van der Waals surface area contributed by atoms with Crippen LogP contribution in [0.15, 0.2) is 59.8 Å². The van der Waals surface area contributed by atoms with E-state index in [-0.39, 0.29) is 11.6 Å². The average Bonchev–Trinajstić information content (AvgIpc) is 2.88. The minimum Gasteiger partial charge on any atom is -0.480 e. The molecule has 8 nitrogen and oxygen atoms in total. The molecule has 0 atom stereocenters. The number of nitrogens with zero attached hydrogens (tertiary/aromatic N) is 3. The van der Waals surface area contributed by atoms with Crippen molar-refractivity contribution in [2.45, 2.75) is 4.90 Å². The Morgan fingerprint density at radius 2 is 1.68 bits per heavy atom. The molecule has 37 heavy (non-hydrogen) atoms. The van der Waals surface area contributed by atoms with Crippen molar-refractivity contribution in [1.29, 1.82) is 0 Å². The third kappa shape index (κ3) is 4.77. The van der Waals surface area contributed by atoms with E-state index in [0.29, 0.717) is 40.8 Å². The smallest absolute Gasteiger partial charge is 0.267 e. The first-order chi connectivity index (χ1) is 17.8. The van der Waals surface area contributed by atoms with Crippen molar-refractivity contribution in [3.8, 4) is 17.0 Å². The summed E-state index contributed by atoms with van der Waals surface area (Å²) in [6.45, 7) is 2.70. The average molecular weight is 530 g/mol. The van der Waals surface area contributed by atoms with Crippen LogP contribution in [0, 0.1) is 17.5 Å². The van der Waals surface area contributed by atoms with Crippen LogP contribution in [-0.4, -0.2) is 51.7 Å². The van der Waals surface area contributed by atoms with Gasteiger partial charge in [-0.05, 0) is 35.9 Å². The van der Waals surface area contributed by atoms with Gasteiger partial charge in [0.15, 0.2) is 10.7 Å². The maximum Gasteiger partial charge on any atom is 0.267 e. The maximum atomic E-state index is 14.9. The van der Waals surface area contributed by atoms with E-state index in [1.165, 1.54) is 25.6 Å². The molecule has 3 heterocycles. The third-order valence-corrected chi connectivity index (χ3v) is 7.45. The number of ether oxygens (including phenoxy) is 1. The van der Waals surface area contributed by atoms with Gasteiger partial charge in [-0.25, -0.2) is 26.6 Å². The Morgan fingerprint density at radius 3 is 2.38 bits per heavy atom. The second-order valence-corrected chi connectivity index (χ2v) is 9.98. The first kappa shape index (κ1) is 24.8. The summed E-state index contributed by atoms with van der Waals surface area (Å²) in [7, 11) is -3.37. The number of piperazine rings is 1. The van der Waals surface area contributed by atoms with Crippen LogP contribution in [-0.2, 0) is 10.0 Å². The van der Waals surface area contributed by atoms with Crippen LogP contribution >= 0.6 is 0 Å². The number of methoxy groups -OCH3 is 1. The lowest BCUT2D eigenvalue weighted by Crippen LogP contribution is -2.44. The van der Waals surface area contributed by atoms with Crippen molar-refractivity contribution in [3.63, 3.8) is 0 Å². The number of fused-ring (bicyclic) bond motifs is 1. The van der Waals surface area contributed by atoms with E-state index >= 15 is 0 Å². The van der Waals surface area contributed by atoms with E-state index in [0.717, 1.165) is 31.3 Å². The molecular formula is C25H22F3N5O3S. The third-order valence-electron chi connectivity index (χ3n) is 6.04. The number of rotatable bonds is 6. The number of benzene rings is 2. The summed E-state index contributed by atoms with van der Waals surface area (Å²) < 4.78 is 76.4. The fourth-order valence-electron chi connectivity index (χ4n) is 4.32. The number of anilines is 2. The number of nitrogens with one attached hydrogen (secondary N) is 2. The zero-order valence-corrected chi connectivity index (χ0v) is 20.4. The Bertz CT molecular complexity index is 1570. The minimum atomic E-state index is -4.66. The van der Waals surface area contributed by atoms with Gasteiger partial charge in [-0.15, -0.1) is 0 Å². The topological polar surface area (TPSA) is 96.5 Å². The van der Waals surface area contributed by atoms with E-state index in [1.54, 1.807) is 18.2 Å². The molecule has 4 aromatic rings. The Labute approximate surface area is 211 Å². The zero-order chi connectivity index (χ0) is 26.2. The van der Waals surface area contributed by atoms with Crippen molar-refractivity contribution in [3.05, 3.63) is 72.3 Å². The molecule has 192 valence electrons. The summed E-state index contributed by atoms with van der Waals surface area (Å²) in [6, 6.07) is 9.43. The number of sulfonamides is 1. The summed E-state index contributed by atoms with van der Waals surface area (Å²) in [6.07, 6.45) is 2.65. The molecule has 1 aliphatic rings. The van der Waals surface area contributed by atoms with Gasteiger partial charge in [-0.2, -0.15) is 0 Å². The molecule has 0 amide bonds. The lowest BCUT2D eigenvalue weighted by atomic mass is 10.0. The fraction of sp³-hybridized carbons (Fsp3) is 0.200. The van der Waals surface area contributed by atoms with E-state index in [2.05, 4.69) is 20.0 Å². The van der Waals surface area contributed by atoms with Gasteiger partial charge < -0.3 is 15.0 Å². The molecule has 2 aromatic heterocycles. The summed E-state index contributed by atoms with van der Waals surface area (Å²) in [5.41, 5.74) is 1.97. The van der Waals surface area contributed by atoms with Crippen molar-refractivity contribution >= 4 is 32.3 Å². The molecule has 0 aliphatic carbocycles. The Morgan fingerprint density at radius 1 is 0.946 bits per heavy atom. The highest BCUT2D eigenvalue weighted by Crippen LogP contribution is 2.35. The molecular weight excluding hydrogens is 507 g/mol. The highest BCUT2D eigenvalue weighted by atomic mass is 32.2. The molecule has 0 spiro atoms. The highest BCUT2D eigenvalue weighted by Gasteiger charge is 2.26. The van der Waals surface area contributed by atoms with Gasteiger partial charge in [-0.3, -0.25) is 9.71 Å². The number of halogens is 3. The van der Waals surface area contributed by atoms with E-state index in [4.69, 9.17) is 4.74 Å². The van der Waals surface area contributed by atoms with Crippen LogP contribution in [0.2, 0.25) is 0 Å². The van der Waals surface area contributed by atoms with Crippen molar-refractivity contribution < 1.29 is 26.3 Å². The zero-order valence-electron chi connectivity index (χ0n) is 19.6. The van der Waals surface area contributed by atoms with Gasteiger partial charge in [-0.1, -0.05) is 12.1 Å². The molecule has 1 saturated heterocycles. The van der Waals surface area contributed by atoms with Crippen LogP contribution in [0.4, 0.5) is 24.5 Å². The van der Waals surface area contributed by atoms with Gasteiger partial charge >= 0.3 is 0 Å². The lowest BCUT2D eigenvalue weighted by Gasteiger charge is -2.30. The van der Waals surface area contributed by atoms with Gasteiger partial charge in [0.2, 0.25) is 5.88 Å². The summed E-state index contributed by atoms with van der Waals surface area (Å²) >= 11 is 0. The van der Waals surface area contributed by atoms with Crippen molar-refractivity contribution in [2.75, 3.05) is 42.9 Å². The van der Waals surface area contributed by atoms with Crippen LogP contribution < -0.4 is 19.7 Å². The summed E-state index contributed by atoms with van der Waals surface area (Å²) in [5.74, 6) is -3.01. The Balaban J connectivity index is 1.58. The highest BCUT2D eigenvalue weighted by molar-refractivity contribution is 7.92.